The Kier molecular flexibility index (Phi) is 4.53. The van der Waals surface area contributed by atoms with Gasteiger partial charge in [-0.05, 0) is 53.9 Å². The molecule has 0 saturated carbocycles. The third kappa shape index (κ3) is 2.99. The molecule has 7 heteroatoms. The van der Waals surface area contributed by atoms with Crippen molar-refractivity contribution >= 4 is 39.1 Å². The average Bonchev–Trinajstić information content (AvgIpc) is 2.93. The highest BCUT2D eigenvalue weighted by Crippen LogP contribution is 2.27. The van der Waals surface area contributed by atoms with E-state index >= 15 is 0 Å². The van der Waals surface area contributed by atoms with Crippen molar-refractivity contribution < 1.29 is 9.53 Å². The number of anilines is 2. The molecule has 2 aromatic heterocycles. The van der Waals surface area contributed by atoms with Gasteiger partial charge in [-0.2, -0.15) is 9.61 Å². The number of rotatable bonds is 4. The van der Waals surface area contributed by atoms with Gasteiger partial charge in [0.2, 0.25) is 0 Å². The standard InChI is InChI=1S/C17H17BrN4O2/c1-4-24-17(23)12-8-19-16-13(18)9-20-22(16)15(12)21-14-7-10(2)5-6-11(14)3/h5-9,21H,4H2,1-3H3. The Hall–Kier alpha value is -2.41. The zero-order chi connectivity index (χ0) is 17.3. The van der Waals surface area contributed by atoms with Crippen molar-refractivity contribution in [2.45, 2.75) is 20.8 Å². The number of carbonyl (C=O) groups excluding carboxylic acids is 1. The molecule has 0 aliphatic heterocycles. The highest BCUT2D eigenvalue weighted by molar-refractivity contribution is 9.10. The molecule has 0 bridgehead atoms. The van der Waals surface area contributed by atoms with Gasteiger partial charge >= 0.3 is 5.97 Å². The smallest absolute Gasteiger partial charge is 0.343 e. The Balaban J connectivity index is 2.17. The summed E-state index contributed by atoms with van der Waals surface area (Å²) in [5, 5.41) is 7.62. The van der Waals surface area contributed by atoms with Crippen LogP contribution in [-0.2, 0) is 4.74 Å². The summed E-state index contributed by atoms with van der Waals surface area (Å²) >= 11 is 3.42. The molecule has 124 valence electrons. The van der Waals surface area contributed by atoms with Gasteiger partial charge in [-0.3, -0.25) is 0 Å². The quantitative estimate of drug-likeness (QED) is 0.683. The number of hydrogen-bond acceptors (Lipinski definition) is 5. The molecular formula is C17H17BrN4O2. The predicted octanol–water partition coefficient (Wildman–Crippen LogP) is 4.03. The minimum atomic E-state index is -0.439. The van der Waals surface area contributed by atoms with E-state index in [1.807, 2.05) is 32.0 Å². The first-order valence-corrected chi connectivity index (χ1v) is 8.34. The molecule has 0 fully saturated rings. The molecule has 0 atom stereocenters. The van der Waals surface area contributed by atoms with E-state index in [1.54, 1.807) is 17.6 Å². The highest BCUT2D eigenvalue weighted by atomic mass is 79.9. The molecule has 0 aliphatic carbocycles. The van der Waals surface area contributed by atoms with Gasteiger partial charge in [0, 0.05) is 11.9 Å². The number of nitrogens with one attached hydrogen (secondary N) is 1. The van der Waals surface area contributed by atoms with Crippen LogP contribution in [0.5, 0.6) is 0 Å². The maximum atomic E-state index is 12.3. The van der Waals surface area contributed by atoms with Crippen LogP contribution in [-0.4, -0.2) is 27.2 Å². The summed E-state index contributed by atoms with van der Waals surface area (Å²) in [4.78, 5) is 16.6. The maximum absolute atomic E-state index is 12.3. The lowest BCUT2D eigenvalue weighted by Gasteiger charge is -2.15. The average molecular weight is 389 g/mol. The Bertz CT molecular complexity index is 920. The number of hydrogen-bond donors (Lipinski definition) is 1. The summed E-state index contributed by atoms with van der Waals surface area (Å²) in [6, 6.07) is 6.09. The van der Waals surface area contributed by atoms with Crippen molar-refractivity contribution in [3.05, 3.63) is 51.8 Å². The Morgan fingerprint density at radius 2 is 2.12 bits per heavy atom. The SMILES string of the molecule is CCOC(=O)c1cnc2c(Br)cnn2c1Nc1cc(C)ccc1C. The van der Waals surface area contributed by atoms with Crippen LogP contribution in [0, 0.1) is 13.8 Å². The van der Waals surface area contributed by atoms with Gasteiger partial charge in [-0.15, -0.1) is 0 Å². The fraction of sp³-hybridized carbons (Fsp3) is 0.235. The van der Waals surface area contributed by atoms with Gasteiger partial charge < -0.3 is 10.1 Å². The zero-order valence-electron chi connectivity index (χ0n) is 13.6. The van der Waals surface area contributed by atoms with Crippen LogP contribution < -0.4 is 5.32 Å². The van der Waals surface area contributed by atoms with E-state index in [4.69, 9.17) is 4.74 Å². The van der Waals surface area contributed by atoms with E-state index in [2.05, 4.69) is 31.3 Å². The molecular weight excluding hydrogens is 372 g/mol. The predicted molar refractivity (Wildman–Crippen MR) is 95.8 cm³/mol. The summed E-state index contributed by atoms with van der Waals surface area (Å²) in [6.07, 6.45) is 3.15. The third-order valence-electron chi connectivity index (χ3n) is 3.63. The fourth-order valence-corrected chi connectivity index (χ4v) is 2.74. The second-order valence-electron chi connectivity index (χ2n) is 5.41. The molecule has 0 radical (unpaired) electrons. The van der Waals surface area contributed by atoms with Crippen LogP contribution in [0.4, 0.5) is 11.5 Å². The number of carbonyl (C=O) groups is 1. The van der Waals surface area contributed by atoms with Crippen LogP contribution in [0.3, 0.4) is 0 Å². The van der Waals surface area contributed by atoms with Crippen molar-refractivity contribution in [1.82, 2.24) is 14.6 Å². The number of aryl methyl sites for hydroxylation is 2. The van der Waals surface area contributed by atoms with Crippen LogP contribution in [0.15, 0.2) is 35.1 Å². The number of esters is 1. The van der Waals surface area contributed by atoms with Crippen molar-refractivity contribution in [2.75, 3.05) is 11.9 Å². The van der Waals surface area contributed by atoms with Crippen LogP contribution in [0.1, 0.15) is 28.4 Å². The maximum Gasteiger partial charge on any atom is 0.343 e. The van der Waals surface area contributed by atoms with Gasteiger partial charge in [0.05, 0.1) is 17.3 Å². The molecule has 0 saturated heterocycles. The largest absolute Gasteiger partial charge is 0.462 e. The Morgan fingerprint density at radius 3 is 2.88 bits per heavy atom. The lowest BCUT2D eigenvalue weighted by Crippen LogP contribution is -2.13. The van der Waals surface area contributed by atoms with Gasteiger partial charge in [0.25, 0.3) is 0 Å². The third-order valence-corrected chi connectivity index (χ3v) is 4.18. The number of fused-ring (bicyclic) bond motifs is 1. The topological polar surface area (TPSA) is 68.5 Å². The highest BCUT2D eigenvalue weighted by Gasteiger charge is 2.19. The Morgan fingerprint density at radius 1 is 1.33 bits per heavy atom. The van der Waals surface area contributed by atoms with Gasteiger partial charge in [-0.25, -0.2) is 9.78 Å². The lowest BCUT2D eigenvalue weighted by molar-refractivity contribution is 0.0526. The molecule has 2 heterocycles. The van der Waals surface area contributed by atoms with Crippen molar-refractivity contribution in [3.63, 3.8) is 0 Å². The Labute approximate surface area is 148 Å². The van der Waals surface area contributed by atoms with Crippen molar-refractivity contribution in [3.8, 4) is 0 Å². The van der Waals surface area contributed by atoms with Crippen LogP contribution in [0.25, 0.3) is 5.65 Å². The molecule has 6 nitrogen and oxygen atoms in total. The number of aromatic nitrogens is 3. The second kappa shape index (κ2) is 6.60. The molecule has 0 unspecified atom stereocenters. The minimum Gasteiger partial charge on any atom is -0.462 e. The zero-order valence-corrected chi connectivity index (χ0v) is 15.2. The summed E-state index contributed by atoms with van der Waals surface area (Å²) in [5.74, 6) is 0.0872. The monoisotopic (exact) mass is 388 g/mol. The first-order chi connectivity index (χ1) is 11.5. The molecule has 1 N–H and O–H groups in total. The molecule has 1 aromatic carbocycles. The van der Waals surface area contributed by atoms with Gasteiger partial charge in [0.1, 0.15) is 5.56 Å². The van der Waals surface area contributed by atoms with E-state index in [0.717, 1.165) is 21.3 Å². The molecule has 0 aliphatic rings. The summed E-state index contributed by atoms with van der Waals surface area (Å²) in [6.45, 7) is 6.08. The number of ether oxygens (including phenoxy) is 1. The number of halogens is 1. The van der Waals surface area contributed by atoms with Crippen molar-refractivity contribution in [2.24, 2.45) is 0 Å². The molecule has 3 rings (SSSR count). The number of benzene rings is 1. The summed E-state index contributed by atoms with van der Waals surface area (Å²) < 4.78 is 7.49. The molecule has 24 heavy (non-hydrogen) atoms. The van der Waals surface area contributed by atoms with E-state index in [1.165, 1.54) is 6.20 Å². The first kappa shape index (κ1) is 16.4. The van der Waals surface area contributed by atoms with E-state index in [9.17, 15) is 4.79 Å². The molecule has 3 aromatic rings. The molecule has 0 spiro atoms. The second-order valence-corrected chi connectivity index (χ2v) is 6.27. The minimum absolute atomic E-state index is 0.294. The van der Waals surface area contributed by atoms with E-state index in [-0.39, 0.29) is 0 Å². The normalized spacial score (nSPS) is 10.8. The van der Waals surface area contributed by atoms with Crippen molar-refractivity contribution in [1.29, 1.82) is 0 Å². The molecule has 0 amide bonds. The van der Waals surface area contributed by atoms with E-state index in [0.29, 0.717) is 23.6 Å². The summed E-state index contributed by atoms with van der Waals surface area (Å²) in [5.41, 5.74) is 4.04. The number of nitrogens with zero attached hydrogens (tertiary/aromatic N) is 3. The van der Waals surface area contributed by atoms with Gasteiger partial charge in [-0.1, -0.05) is 12.1 Å². The van der Waals surface area contributed by atoms with E-state index < -0.39 is 5.97 Å². The summed E-state index contributed by atoms with van der Waals surface area (Å²) in [7, 11) is 0. The fourth-order valence-electron chi connectivity index (χ4n) is 2.38. The van der Waals surface area contributed by atoms with Gasteiger partial charge in [0.15, 0.2) is 11.5 Å². The van der Waals surface area contributed by atoms with Crippen LogP contribution >= 0.6 is 15.9 Å². The van der Waals surface area contributed by atoms with Crippen LogP contribution in [0.2, 0.25) is 0 Å². The first-order valence-electron chi connectivity index (χ1n) is 7.55. The lowest BCUT2D eigenvalue weighted by atomic mass is 10.1.